The molecule has 0 amide bonds. The molecule has 1 N–H and O–H groups in total. The van der Waals surface area contributed by atoms with E-state index in [1.807, 2.05) is 24.3 Å². The average Bonchev–Trinajstić information content (AvgIpc) is 3.18. The third-order valence-electron chi connectivity index (χ3n) is 5.41. The van der Waals surface area contributed by atoms with Gasteiger partial charge in [-0.1, -0.05) is 59.3 Å². The minimum absolute atomic E-state index is 0.141. The summed E-state index contributed by atoms with van der Waals surface area (Å²) in [7, 11) is -3.97. The summed E-state index contributed by atoms with van der Waals surface area (Å²) in [5.41, 5.74) is 6.71. The number of rotatable bonds is 8. The molecule has 0 unspecified atom stereocenters. The van der Waals surface area contributed by atoms with Crippen LogP contribution in [0.5, 0.6) is 0 Å². The van der Waals surface area contributed by atoms with Crippen molar-refractivity contribution in [3.8, 4) is 0 Å². The van der Waals surface area contributed by atoms with E-state index in [1.165, 1.54) is 22.9 Å². The largest absolute Gasteiger partial charge is 0.311 e. The van der Waals surface area contributed by atoms with Gasteiger partial charge in [-0.25, -0.2) is 4.99 Å². The Morgan fingerprint density at radius 2 is 1.39 bits per heavy atom. The SMILES string of the molecule is Cc1ccc(N(c2ccc(C)cc2)c2ccc(/C=C3\N=C(SCCCS(=O)(=O)O)SC3=O)cc2)cc1. The van der Waals surface area contributed by atoms with Gasteiger partial charge in [-0.05, 0) is 80.1 Å². The monoisotopic (exact) mass is 538 g/mol. The zero-order valence-electron chi connectivity index (χ0n) is 19.9. The van der Waals surface area contributed by atoms with Crippen LogP contribution >= 0.6 is 23.5 Å². The normalized spacial score (nSPS) is 14.8. The Morgan fingerprint density at radius 3 is 1.89 bits per heavy atom. The predicted octanol–water partition coefficient (Wildman–Crippen LogP) is 6.75. The lowest BCUT2D eigenvalue weighted by Crippen LogP contribution is -2.09. The summed E-state index contributed by atoms with van der Waals surface area (Å²) in [5.74, 6) is 0.151. The van der Waals surface area contributed by atoms with Crippen LogP contribution in [0.3, 0.4) is 0 Å². The van der Waals surface area contributed by atoms with Crippen LogP contribution in [-0.2, 0) is 14.9 Å². The number of hydrogen-bond donors (Lipinski definition) is 1. The summed E-state index contributed by atoms with van der Waals surface area (Å²) >= 11 is 2.36. The zero-order chi connectivity index (χ0) is 25.7. The van der Waals surface area contributed by atoms with Gasteiger partial charge in [0.05, 0.1) is 5.75 Å². The first-order valence-corrected chi connectivity index (χ1v) is 14.7. The summed E-state index contributed by atoms with van der Waals surface area (Å²) in [6, 6.07) is 24.7. The van der Waals surface area contributed by atoms with Crippen LogP contribution < -0.4 is 4.90 Å². The second-order valence-electron chi connectivity index (χ2n) is 8.38. The molecule has 0 fully saturated rings. The van der Waals surface area contributed by atoms with Gasteiger partial charge < -0.3 is 4.90 Å². The standard InChI is InChI=1S/C27H26N2O4S3/c1-19-4-10-22(11-5-19)29(23-12-6-20(2)7-13-23)24-14-8-21(9-15-24)18-25-26(30)35-27(28-25)34-16-3-17-36(31,32)33/h4-15,18H,3,16-17H2,1-2H3,(H,31,32,33)/b25-18-. The lowest BCUT2D eigenvalue weighted by atomic mass is 10.1. The summed E-state index contributed by atoms with van der Waals surface area (Å²) in [6.45, 7) is 4.13. The molecule has 9 heteroatoms. The molecular formula is C27H26N2O4S3. The molecule has 0 radical (unpaired) electrons. The zero-order valence-corrected chi connectivity index (χ0v) is 22.4. The van der Waals surface area contributed by atoms with Crippen molar-refractivity contribution in [2.24, 2.45) is 4.99 Å². The molecule has 0 atom stereocenters. The molecule has 0 aromatic heterocycles. The van der Waals surface area contributed by atoms with Gasteiger partial charge in [-0.15, -0.1) is 0 Å². The van der Waals surface area contributed by atoms with Gasteiger partial charge in [0, 0.05) is 22.8 Å². The van der Waals surface area contributed by atoms with E-state index in [2.05, 4.69) is 72.3 Å². The van der Waals surface area contributed by atoms with Crippen LogP contribution in [0, 0.1) is 13.8 Å². The Hall–Kier alpha value is -2.85. The number of nitrogens with zero attached hydrogens (tertiary/aromatic N) is 2. The van der Waals surface area contributed by atoms with Crippen LogP contribution in [0.4, 0.5) is 17.1 Å². The van der Waals surface area contributed by atoms with E-state index in [9.17, 15) is 13.2 Å². The van der Waals surface area contributed by atoms with Crippen LogP contribution in [0.2, 0.25) is 0 Å². The second-order valence-corrected chi connectivity index (χ2v) is 12.3. The van der Waals surface area contributed by atoms with Crippen molar-refractivity contribution < 1.29 is 17.8 Å². The van der Waals surface area contributed by atoms with Crippen LogP contribution in [0.1, 0.15) is 23.1 Å². The highest BCUT2D eigenvalue weighted by Gasteiger charge is 2.22. The highest BCUT2D eigenvalue weighted by Crippen LogP contribution is 2.36. The van der Waals surface area contributed by atoms with Crippen molar-refractivity contribution in [2.75, 3.05) is 16.4 Å². The maximum absolute atomic E-state index is 12.4. The number of hydrogen-bond acceptors (Lipinski definition) is 7. The van der Waals surface area contributed by atoms with Crippen molar-refractivity contribution >= 4 is 66.3 Å². The molecule has 186 valence electrons. The molecule has 0 spiro atoms. The van der Waals surface area contributed by atoms with Gasteiger partial charge in [0.2, 0.25) is 5.12 Å². The number of thioether (sulfide) groups is 2. The summed E-state index contributed by atoms with van der Waals surface area (Å²) < 4.78 is 31.1. The van der Waals surface area contributed by atoms with Crippen molar-refractivity contribution in [1.82, 2.24) is 0 Å². The molecule has 3 aromatic rings. The van der Waals surface area contributed by atoms with Crippen molar-refractivity contribution in [3.63, 3.8) is 0 Å². The first kappa shape index (κ1) is 26.2. The number of aliphatic imine (C=N–C) groups is 1. The van der Waals surface area contributed by atoms with Gasteiger partial charge in [0.15, 0.2) is 0 Å². The molecule has 6 nitrogen and oxygen atoms in total. The molecule has 1 heterocycles. The first-order valence-electron chi connectivity index (χ1n) is 11.3. The number of aryl methyl sites for hydroxylation is 2. The van der Waals surface area contributed by atoms with E-state index >= 15 is 0 Å². The molecule has 0 bridgehead atoms. The first-order chi connectivity index (χ1) is 17.2. The Labute approximate surface area is 220 Å². The minimum atomic E-state index is -3.97. The summed E-state index contributed by atoms with van der Waals surface area (Å²) in [5, 5.41) is -0.141. The van der Waals surface area contributed by atoms with E-state index in [-0.39, 0.29) is 17.3 Å². The number of carbonyl (C=O) groups is 1. The number of anilines is 3. The van der Waals surface area contributed by atoms with Gasteiger partial charge in [-0.2, -0.15) is 8.42 Å². The van der Waals surface area contributed by atoms with Crippen LogP contribution in [-0.4, -0.2) is 34.0 Å². The smallest absolute Gasteiger partial charge is 0.264 e. The molecule has 1 aliphatic rings. The Bertz CT molecular complexity index is 1350. The Morgan fingerprint density at radius 1 is 0.889 bits per heavy atom. The average molecular weight is 539 g/mol. The summed E-state index contributed by atoms with van der Waals surface area (Å²) in [6.07, 6.45) is 2.04. The Kier molecular flexibility index (Phi) is 8.35. The predicted molar refractivity (Wildman–Crippen MR) is 152 cm³/mol. The lowest BCUT2D eigenvalue weighted by Gasteiger charge is -2.25. The fraction of sp³-hybridized carbons (Fsp3) is 0.185. The fourth-order valence-corrected chi connectivity index (χ4v) is 6.11. The van der Waals surface area contributed by atoms with E-state index in [0.29, 0.717) is 15.8 Å². The molecule has 3 aromatic carbocycles. The Balaban J connectivity index is 1.53. The van der Waals surface area contributed by atoms with E-state index < -0.39 is 10.1 Å². The maximum atomic E-state index is 12.4. The van der Waals surface area contributed by atoms with Crippen molar-refractivity contribution in [2.45, 2.75) is 20.3 Å². The van der Waals surface area contributed by atoms with Gasteiger partial charge in [0.1, 0.15) is 10.1 Å². The van der Waals surface area contributed by atoms with Crippen molar-refractivity contribution in [1.29, 1.82) is 0 Å². The van der Waals surface area contributed by atoms with Crippen LogP contribution in [0.25, 0.3) is 6.08 Å². The second kappa shape index (κ2) is 11.5. The molecular weight excluding hydrogens is 513 g/mol. The number of carbonyl (C=O) groups excluding carboxylic acids is 1. The maximum Gasteiger partial charge on any atom is 0.264 e. The molecule has 0 saturated heterocycles. The molecule has 4 rings (SSSR count). The van der Waals surface area contributed by atoms with E-state index in [1.54, 1.807) is 6.08 Å². The van der Waals surface area contributed by atoms with Gasteiger partial charge >= 0.3 is 0 Å². The topological polar surface area (TPSA) is 87.0 Å². The third-order valence-corrected chi connectivity index (χ3v) is 8.31. The highest BCUT2D eigenvalue weighted by atomic mass is 32.2. The highest BCUT2D eigenvalue weighted by molar-refractivity contribution is 8.45. The fourth-order valence-electron chi connectivity index (χ4n) is 3.56. The van der Waals surface area contributed by atoms with Gasteiger partial charge in [-0.3, -0.25) is 9.35 Å². The minimum Gasteiger partial charge on any atom is -0.311 e. The molecule has 1 aliphatic heterocycles. The quantitative estimate of drug-likeness (QED) is 0.193. The molecule has 36 heavy (non-hydrogen) atoms. The van der Waals surface area contributed by atoms with Gasteiger partial charge in [0.25, 0.3) is 10.1 Å². The lowest BCUT2D eigenvalue weighted by molar-refractivity contribution is -0.107. The molecule has 0 saturated carbocycles. The molecule has 0 aliphatic carbocycles. The van der Waals surface area contributed by atoms with E-state index in [0.717, 1.165) is 34.4 Å². The van der Waals surface area contributed by atoms with E-state index in [4.69, 9.17) is 4.55 Å². The third kappa shape index (κ3) is 7.10. The number of benzene rings is 3. The summed E-state index contributed by atoms with van der Waals surface area (Å²) in [4.78, 5) is 19.0. The van der Waals surface area contributed by atoms with Crippen molar-refractivity contribution in [3.05, 3.63) is 95.2 Å². The van der Waals surface area contributed by atoms with Crippen LogP contribution in [0.15, 0.2) is 83.5 Å².